The lowest BCUT2D eigenvalue weighted by Crippen LogP contribution is -2.41. The van der Waals surface area contributed by atoms with Gasteiger partial charge in [0.05, 0.1) is 13.1 Å². The Morgan fingerprint density at radius 1 is 1.20 bits per heavy atom. The summed E-state index contributed by atoms with van der Waals surface area (Å²) in [5.74, 6) is -0.799. The fraction of sp³-hybridized carbons (Fsp3) is 0.429. The van der Waals surface area contributed by atoms with Crippen molar-refractivity contribution in [1.82, 2.24) is 10.2 Å². The zero-order valence-corrected chi connectivity index (χ0v) is 11.8. The van der Waals surface area contributed by atoms with Crippen molar-refractivity contribution in [3.63, 3.8) is 0 Å². The van der Waals surface area contributed by atoms with Gasteiger partial charge in [0.1, 0.15) is 5.82 Å². The number of carbonyl (C=O) groups excluding carboxylic acids is 2. The second-order valence-electron chi connectivity index (χ2n) is 4.32. The van der Waals surface area contributed by atoms with Crippen molar-refractivity contribution >= 4 is 17.5 Å². The highest BCUT2D eigenvalue weighted by Crippen LogP contribution is 2.08. The van der Waals surface area contributed by atoms with Gasteiger partial charge in [-0.2, -0.15) is 0 Å². The van der Waals surface area contributed by atoms with Gasteiger partial charge >= 0.3 is 0 Å². The van der Waals surface area contributed by atoms with Gasteiger partial charge in [0.2, 0.25) is 11.8 Å². The molecule has 0 unspecified atom stereocenters. The Bertz CT molecular complexity index is 465. The lowest BCUT2D eigenvalue weighted by molar-refractivity contribution is -0.123. The van der Waals surface area contributed by atoms with E-state index in [1.807, 2.05) is 13.8 Å². The Kier molecular flexibility index (Phi) is 6.66. The second-order valence-corrected chi connectivity index (χ2v) is 4.32. The minimum absolute atomic E-state index is 0.0874. The lowest BCUT2D eigenvalue weighted by Gasteiger charge is -2.19. The van der Waals surface area contributed by atoms with E-state index in [0.29, 0.717) is 18.8 Å². The number of nitrogens with one attached hydrogen (secondary N) is 2. The summed E-state index contributed by atoms with van der Waals surface area (Å²) in [6, 6.07) is 5.69. The van der Waals surface area contributed by atoms with E-state index in [-0.39, 0.29) is 24.9 Å². The Balaban J connectivity index is 2.48. The predicted molar refractivity (Wildman–Crippen MR) is 75.8 cm³/mol. The Hall–Kier alpha value is -1.95. The molecular weight excluding hydrogens is 261 g/mol. The van der Waals surface area contributed by atoms with Crippen molar-refractivity contribution in [1.29, 1.82) is 0 Å². The third kappa shape index (κ3) is 5.79. The summed E-state index contributed by atoms with van der Waals surface area (Å²) < 4.78 is 13.0. The molecule has 0 radical (unpaired) electrons. The SMILES string of the molecule is CCNC(=O)CN(CC)CC(=O)Nc1cccc(F)c1. The number of likely N-dealkylation sites (N-methyl/N-ethyl adjacent to an activating group) is 2. The molecule has 0 heterocycles. The summed E-state index contributed by atoms with van der Waals surface area (Å²) in [6.07, 6.45) is 0. The molecule has 1 aromatic rings. The molecule has 0 aliphatic carbocycles. The van der Waals surface area contributed by atoms with Crippen LogP contribution < -0.4 is 10.6 Å². The normalized spacial score (nSPS) is 10.4. The van der Waals surface area contributed by atoms with E-state index in [1.165, 1.54) is 18.2 Å². The fourth-order valence-corrected chi connectivity index (χ4v) is 1.71. The lowest BCUT2D eigenvalue weighted by atomic mass is 10.3. The molecule has 0 spiro atoms. The van der Waals surface area contributed by atoms with Crippen molar-refractivity contribution in [3.8, 4) is 0 Å². The molecule has 0 atom stereocenters. The number of carbonyl (C=O) groups is 2. The number of benzene rings is 1. The first-order valence-corrected chi connectivity index (χ1v) is 6.59. The summed E-state index contributed by atoms with van der Waals surface area (Å²) in [7, 11) is 0. The standard InChI is InChI=1S/C14H20FN3O2/c1-3-16-13(19)9-18(4-2)10-14(20)17-12-7-5-6-11(15)8-12/h5-8H,3-4,9-10H2,1-2H3,(H,16,19)(H,17,20). The van der Waals surface area contributed by atoms with Crippen LogP contribution in [0.3, 0.4) is 0 Å². The molecule has 1 rings (SSSR count). The molecule has 1 aromatic carbocycles. The van der Waals surface area contributed by atoms with E-state index in [2.05, 4.69) is 10.6 Å². The van der Waals surface area contributed by atoms with Crippen molar-refractivity contribution < 1.29 is 14.0 Å². The molecule has 0 saturated heterocycles. The number of rotatable bonds is 7. The quantitative estimate of drug-likeness (QED) is 0.790. The van der Waals surface area contributed by atoms with Crippen LogP contribution in [0.25, 0.3) is 0 Å². The zero-order valence-electron chi connectivity index (χ0n) is 11.8. The van der Waals surface area contributed by atoms with E-state index >= 15 is 0 Å². The average Bonchev–Trinajstić information content (AvgIpc) is 2.38. The summed E-state index contributed by atoms with van der Waals surface area (Å²) in [4.78, 5) is 25.0. The van der Waals surface area contributed by atoms with Gasteiger partial charge in [-0.1, -0.05) is 13.0 Å². The third-order valence-electron chi connectivity index (χ3n) is 2.66. The highest BCUT2D eigenvalue weighted by Gasteiger charge is 2.12. The van der Waals surface area contributed by atoms with E-state index in [1.54, 1.807) is 11.0 Å². The molecule has 0 aromatic heterocycles. The number of nitrogens with zero attached hydrogens (tertiary/aromatic N) is 1. The zero-order chi connectivity index (χ0) is 15.0. The molecule has 0 aliphatic heterocycles. The van der Waals surface area contributed by atoms with E-state index < -0.39 is 5.82 Å². The highest BCUT2D eigenvalue weighted by molar-refractivity contribution is 5.92. The van der Waals surface area contributed by atoms with Crippen molar-refractivity contribution in [2.75, 3.05) is 31.5 Å². The molecule has 5 nitrogen and oxygen atoms in total. The third-order valence-corrected chi connectivity index (χ3v) is 2.66. The topological polar surface area (TPSA) is 61.4 Å². The van der Waals surface area contributed by atoms with Crippen LogP contribution in [0.1, 0.15) is 13.8 Å². The Morgan fingerprint density at radius 2 is 1.90 bits per heavy atom. The van der Waals surface area contributed by atoms with Crippen LogP contribution in [-0.2, 0) is 9.59 Å². The van der Waals surface area contributed by atoms with Crippen molar-refractivity contribution in [2.45, 2.75) is 13.8 Å². The number of hydrogen-bond acceptors (Lipinski definition) is 3. The Morgan fingerprint density at radius 3 is 2.50 bits per heavy atom. The molecule has 0 saturated carbocycles. The van der Waals surface area contributed by atoms with Gasteiger partial charge in [-0.05, 0) is 31.7 Å². The van der Waals surface area contributed by atoms with Crippen LogP contribution in [0.2, 0.25) is 0 Å². The van der Waals surface area contributed by atoms with Gasteiger partial charge in [0, 0.05) is 12.2 Å². The molecular formula is C14H20FN3O2. The van der Waals surface area contributed by atoms with E-state index in [0.717, 1.165) is 0 Å². The molecule has 0 fully saturated rings. The number of anilines is 1. The van der Waals surface area contributed by atoms with E-state index in [9.17, 15) is 14.0 Å². The molecule has 20 heavy (non-hydrogen) atoms. The average molecular weight is 281 g/mol. The Labute approximate surface area is 118 Å². The summed E-state index contributed by atoms with van der Waals surface area (Å²) in [5.41, 5.74) is 0.407. The summed E-state index contributed by atoms with van der Waals surface area (Å²) >= 11 is 0. The maximum atomic E-state index is 13.0. The van der Waals surface area contributed by atoms with Gasteiger partial charge in [0.15, 0.2) is 0 Å². The van der Waals surface area contributed by atoms with Gasteiger partial charge in [-0.15, -0.1) is 0 Å². The smallest absolute Gasteiger partial charge is 0.238 e. The summed E-state index contributed by atoms with van der Waals surface area (Å²) in [6.45, 7) is 5.10. The molecule has 6 heteroatoms. The molecule has 0 aliphatic rings. The maximum absolute atomic E-state index is 13.0. The monoisotopic (exact) mass is 281 g/mol. The van der Waals surface area contributed by atoms with Gasteiger partial charge in [-0.3, -0.25) is 14.5 Å². The first-order valence-electron chi connectivity index (χ1n) is 6.59. The van der Waals surface area contributed by atoms with Crippen LogP contribution in [0.5, 0.6) is 0 Å². The first kappa shape index (κ1) is 16.1. The minimum Gasteiger partial charge on any atom is -0.355 e. The molecule has 110 valence electrons. The van der Waals surface area contributed by atoms with Crippen LogP contribution in [0.15, 0.2) is 24.3 Å². The number of amides is 2. The van der Waals surface area contributed by atoms with Crippen LogP contribution in [0.4, 0.5) is 10.1 Å². The fourth-order valence-electron chi connectivity index (χ4n) is 1.71. The predicted octanol–water partition coefficient (Wildman–Crippen LogP) is 1.22. The van der Waals surface area contributed by atoms with Gasteiger partial charge in [0.25, 0.3) is 0 Å². The number of hydrogen-bond donors (Lipinski definition) is 2. The molecule has 2 N–H and O–H groups in total. The minimum atomic E-state index is -0.405. The molecule has 0 bridgehead atoms. The number of halogens is 1. The van der Waals surface area contributed by atoms with Crippen LogP contribution in [0, 0.1) is 5.82 Å². The van der Waals surface area contributed by atoms with Crippen molar-refractivity contribution in [3.05, 3.63) is 30.1 Å². The molecule has 2 amide bonds. The van der Waals surface area contributed by atoms with Gasteiger partial charge in [-0.25, -0.2) is 4.39 Å². The highest BCUT2D eigenvalue weighted by atomic mass is 19.1. The van der Waals surface area contributed by atoms with Crippen molar-refractivity contribution in [2.24, 2.45) is 0 Å². The van der Waals surface area contributed by atoms with Crippen LogP contribution in [-0.4, -0.2) is 42.9 Å². The second kappa shape index (κ2) is 8.27. The first-order chi connectivity index (χ1) is 9.55. The van der Waals surface area contributed by atoms with E-state index in [4.69, 9.17) is 0 Å². The maximum Gasteiger partial charge on any atom is 0.238 e. The summed E-state index contributed by atoms with van der Waals surface area (Å²) in [5, 5.41) is 5.28. The van der Waals surface area contributed by atoms with Gasteiger partial charge < -0.3 is 10.6 Å². The largest absolute Gasteiger partial charge is 0.355 e. The van der Waals surface area contributed by atoms with Crippen LogP contribution >= 0.6 is 0 Å².